The highest BCUT2D eigenvalue weighted by Gasteiger charge is 2.18. The van der Waals surface area contributed by atoms with Crippen LogP contribution in [-0.4, -0.2) is 30.9 Å². The number of hydrogen-bond donors (Lipinski definition) is 1. The smallest absolute Gasteiger partial charge is 0.260 e. The monoisotopic (exact) mass is 279 g/mol. The van der Waals surface area contributed by atoms with Gasteiger partial charge in [-0.25, -0.2) is 0 Å². The third-order valence-corrected chi connectivity index (χ3v) is 2.67. The number of methoxy groups -OCH3 is 1. The minimum absolute atomic E-state index is 0.0514. The molecule has 0 saturated heterocycles. The molecule has 20 heavy (non-hydrogen) atoms. The lowest BCUT2D eigenvalue weighted by Crippen LogP contribution is -2.40. The van der Waals surface area contributed by atoms with Crippen molar-refractivity contribution in [1.29, 1.82) is 0 Å². The van der Waals surface area contributed by atoms with Gasteiger partial charge in [0.2, 0.25) is 0 Å². The number of amides is 1. The van der Waals surface area contributed by atoms with E-state index in [2.05, 4.69) is 5.32 Å². The maximum atomic E-state index is 11.8. The van der Waals surface area contributed by atoms with Gasteiger partial charge in [-0.3, -0.25) is 9.59 Å². The molecule has 0 unspecified atom stereocenters. The number of carbonyl (C=O) groups excluding carboxylic acids is 2. The van der Waals surface area contributed by atoms with Gasteiger partial charge in [0, 0.05) is 11.6 Å². The van der Waals surface area contributed by atoms with Crippen LogP contribution in [0.2, 0.25) is 0 Å². The summed E-state index contributed by atoms with van der Waals surface area (Å²) in [6.45, 7) is 6.91. The molecule has 0 saturated carbocycles. The van der Waals surface area contributed by atoms with Crippen molar-refractivity contribution < 1.29 is 19.1 Å². The maximum absolute atomic E-state index is 11.8. The average Bonchev–Trinajstić information content (AvgIpc) is 2.37. The van der Waals surface area contributed by atoms with Gasteiger partial charge in [-0.2, -0.15) is 0 Å². The molecule has 0 aliphatic carbocycles. The molecule has 0 spiro atoms. The Hall–Kier alpha value is -2.04. The van der Waals surface area contributed by atoms with Crippen LogP contribution in [-0.2, 0) is 4.79 Å². The number of benzene rings is 1. The van der Waals surface area contributed by atoms with E-state index in [1.165, 1.54) is 14.0 Å². The number of carbonyl (C=O) groups is 2. The minimum atomic E-state index is -0.644. The molecule has 1 amide bonds. The summed E-state index contributed by atoms with van der Waals surface area (Å²) >= 11 is 0. The fourth-order valence-electron chi connectivity index (χ4n) is 1.63. The lowest BCUT2D eigenvalue weighted by atomic mass is 10.1. The molecular weight excluding hydrogens is 258 g/mol. The van der Waals surface area contributed by atoms with E-state index in [-0.39, 0.29) is 17.7 Å². The van der Waals surface area contributed by atoms with E-state index in [1.54, 1.807) is 25.1 Å². The normalized spacial score (nSPS) is 11.9. The molecule has 0 bridgehead atoms. The second-order valence-corrected chi connectivity index (χ2v) is 4.85. The highest BCUT2D eigenvalue weighted by atomic mass is 16.5. The van der Waals surface area contributed by atoms with Gasteiger partial charge in [-0.1, -0.05) is 0 Å². The molecular formula is C15H21NO4. The molecule has 1 rings (SSSR count). The first kappa shape index (κ1) is 16.0. The highest BCUT2D eigenvalue weighted by molar-refractivity contribution is 5.94. The van der Waals surface area contributed by atoms with Crippen molar-refractivity contribution in [2.45, 2.75) is 39.8 Å². The van der Waals surface area contributed by atoms with Crippen LogP contribution in [0.5, 0.6) is 11.5 Å². The van der Waals surface area contributed by atoms with Crippen molar-refractivity contribution in [1.82, 2.24) is 5.32 Å². The molecule has 1 aromatic rings. The fourth-order valence-corrected chi connectivity index (χ4v) is 1.63. The molecule has 1 atom stereocenters. The first-order chi connectivity index (χ1) is 9.35. The zero-order chi connectivity index (χ0) is 15.3. The molecule has 0 fully saturated rings. The van der Waals surface area contributed by atoms with E-state index in [9.17, 15) is 9.59 Å². The van der Waals surface area contributed by atoms with Crippen molar-refractivity contribution >= 4 is 11.7 Å². The van der Waals surface area contributed by atoms with Crippen molar-refractivity contribution in [3.63, 3.8) is 0 Å². The first-order valence-electron chi connectivity index (χ1n) is 6.51. The summed E-state index contributed by atoms with van der Waals surface area (Å²) in [5.74, 6) is 0.615. The molecule has 0 aliphatic rings. The quantitative estimate of drug-likeness (QED) is 0.811. The van der Waals surface area contributed by atoms with Crippen LogP contribution < -0.4 is 14.8 Å². The topological polar surface area (TPSA) is 64.6 Å². The Morgan fingerprint density at radius 1 is 1.15 bits per heavy atom. The Kier molecular flexibility index (Phi) is 5.55. The molecule has 1 aromatic carbocycles. The maximum Gasteiger partial charge on any atom is 0.260 e. The second kappa shape index (κ2) is 6.93. The molecule has 0 radical (unpaired) electrons. The van der Waals surface area contributed by atoms with Crippen molar-refractivity contribution in [3.8, 4) is 11.5 Å². The predicted molar refractivity (Wildman–Crippen MR) is 76.4 cm³/mol. The molecule has 0 aromatic heterocycles. The minimum Gasteiger partial charge on any atom is -0.493 e. The van der Waals surface area contributed by atoms with E-state index in [0.29, 0.717) is 17.1 Å². The standard InChI is InChI=1S/C15H21NO4/c1-9(2)16-15(18)11(4)20-13-7-6-12(10(3)17)8-14(13)19-5/h6-9,11H,1-5H3,(H,16,18)/t11-/m0/s1. The fraction of sp³-hybridized carbons (Fsp3) is 0.467. The SMILES string of the molecule is COc1cc(C(C)=O)ccc1O[C@@H](C)C(=O)NC(C)C. The second-order valence-electron chi connectivity index (χ2n) is 4.85. The van der Waals surface area contributed by atoms with Gasteiger partial charge in [0.05, 0.1) is 7.11 Å². The van der Waals surface area contributed by atoms with Crippen LogP contribution >= 0.6 is 0 Å². The number of rotatable bonds is 6. The molecule has 110 valence electrons. The largest absolute Gasteiger partial charge is 0.493 e. The number of hydrogen-bond acceptors (Lipinski definition) is 4. The third kappa shape index (κ3) is 4.26. The van der Waals surface area contributed by atoms with Crippen LogP contribution in [0.15, 0.2) is 18.2 Å². The zero-order valence-corrected chi connectivity index (χ0v) is 12.5. The number of ether oxygens (including phenoxy) is 2. The predicted octanol–water partition coefficient (Wildman–Crippen LogP) is 2.19. The molecule has 1 N–H and O–H groups in total. The highest BCUT2D eigenvalue weighted by Crippen LogP contribution is 2.29. The summed E-state index contributed by atoms with van der Waals surface area (Å²) in [4.78, 5) is 23.1. The van der Waals surface area contributed by atoms with E-state index < -0.39 is 6.10 Å². The third-order valence-electron chi connectivity index (χ3n) is 2.67. The Bertz CT molecular complexity index is 497. The van der Waals surface area contributed by atoms with Gasteiger partial charge in [0.25, 0.3) is 5.91 Å². The van der Waals surface area contributed by atoms with Crippen LogP contribution in [0.1, 0.15) is 38.1 Å². The van der Waals surface area contributed by atoms with Crippen molar-refractivity contribution in [3.05, 3.63) is 23.8 Å². The molecule has 5 nitrogen and oxygen atoms in total. The Morgan fingerprint density at radius 3 is 2.30 bits per heavy atom. The number of Topliss-reactive ketones (excluding diaryl/α,β-unsaturated/α-hetero) is 1. The van der Waals surface area contributed by atoms with E-state index >= 15 is 0 Å². The van der Waals surface area contributed by atoms with E-state index in [1.807, 2.05) is 13.8 Å². The summed E-state index contributed by atoms with van der Waals surface area (Å²) in [7, 11) is 1.49. The lowest BCUT2D eigenvalue weighted by Gasteiger charge is -2.18. The number of nitrogens with one attached hydrogen (secondary N) is 1. The summed E-state index contributed by atoms with van der Waals surface area (Å²) in [6, 6.07) is 4.93. The van der Waals surface area contributed by atoms with Gasteiger partial charge >= 0.3 is 0 Å². The molecule has 0 heterocycles. The van der Waals surface area contributed by atoms with Gasteiger partial charge in [0.1, 0.15) is 0 Å². The van der Waals surface area contributed by atoms with E-state index in [4.69, 9.17) is 9.47 Å². The summed E-state index contributed by atoms with van der Waals surface area (Å²) in [5, 5.41) is 2.77. The Balaban J connectivity index is 2.86. The van der Waals surface area contributed by atoms with Gasteiger partial charge in [-0.15, -0.1) is 0 Å². The summed E-state index contributed by atoms with van der Waals surface area (Å²) in [5.41, 5.74) is 0.536. The van der Waals surface area contributed by atoms with E-state index in [0.717, 1.165) is 0 Å². The average molecular weight is 279 g/mol. The van der Waals surface area contributed by atoms with Crippen LogP contribution in [0, 0.1) is 0 Å². The van der Waals surface area contributed by atoms with Crippen molar-refractivity contribution in [2.24, 2.45) is 0 Å². The Morgan fingerprint density at radius 2 is 1.80 bits per heavy atom. The van der Waals surface area contributed by atoms with Gasteiger partial charge < -0.3 is 14.8 Å². The molecule has 0 aliphatic heterocycles. The van der Waals surface area contributed by atoms with Crippen LogP contribution in [0.4, 0.5) is 0 Å². The van der Waals surface area contributed by atoms with Crippen molar-refractivity contribution in [2.75, 3.05) is 7.11 Å². The Labute approximate surface area is 119 Å². The number of ketones is 1. The van der Waals surface area contributed by atoms with Gasteiger partial charge in [-0.05, 0) is 45.9 Å². The first-order valence-corrected chi connectivity index (χ1v) is 6.51. The zero-order valence-electron chi connectivity index (χ0n) is 12.5. The van der Waals surface area contributed by atoms with Crippen LogP contribution in [0.3, 0.4) is 0 Å². The van der Waals surface area contributed by atoms with Gasteiger partial charge in [0.15, 0.2) is 23.4 Å². The molecule has 5 heteroatoms. The summed E-state index contributed by atoms with van der Waals surface area (Å²) < 4.78 is 10.8. The lowest BCUT2D eigenvalue weighted by molar-refractivity contribution is -0.127. The van der Waals surface area contributed by atoms with Crippen LogP contribution in [0.25, 0.3) is 0 Å². The summed E-state index contributed by atoms with van der Waals surface area (Å²) in [6.07, 6.45) is -0.644.